The number of benzene rings is 3. The van der Waals surface area contributed by atoms with Crippen molar-refractivity contribution in [3.63, 3.8) is 0 Å². The number of anilines is 1. The number of nitrogens with one attached hydrogen (secondary N) is 2. The van der Waals surface area contributed by atoms with Gasteiger partial charge in [-0.3, -0.25) is 10.1 Å². The molecule has 3 N–H and O–H groups in total. The standard InChI is InChI=1S/C29H28FN3O5/c1-18-26(32-29(36)37-19(2)21-8-4-3-5-9-21)27(38-33-18)22-14-12-20(13-15-22)17-31-25(28(34)35)16-23-10-6-7-11-24(23)30/h3-15,19,25,31H,16-17H2,1-2H3,(H,32,36)(H,34,35). The Labute approximate surface area is 219 Å². The first-order chi connectivity index (χ1) is 18.3. The number of carbonyl (C=O) groups is 2. The number of aryl methyl sites for hydroxylation is 1. The number of carbonyl (C=O) groups excluding carboxylic acids is 1. The molecule has 196 valence electrons. The van der Waals surface area contributed by atoms with E-state index in [0.29, 0.717) is 28.3 Å². The van der Waals surface area contributed by atoms with Gasteiger partial charge < -0.3 is 19.7 Å². The molecule has 8 nitrogen and oxygen atoms in total. The van der Waals surface area contributed by atoms with Crippen LogP contribution in [0.1, 0.15) is 35.4 Å². The molecule has 0 fully saturated rings. The van der Waals surface area contributed by atoms with Crippen molar-refractivity contribution < 1.29 is 28.3 Å². The number of amides is 1. The van der Waals surface area contributed by atoms with Crippen LogP contribution in [0.15, 0.2) is 83.4 Å². The summed E-state index contributed by atoms with van der Waals surface area (Å²) in [6.07, 6.45) is -1.06. The highest BCUT2D eigenvalue weighted by Crippen LogP contribution is 2.31. The zero-order valence-electron chi connectivity index (χ0n) is 21.0. The van der Waals surface area contributed by atoms with Gasteiger partial charge in [-0.1, -0.05) is 78.0 Å². The average molecular weight is 518 g/mol. The van der Waals surface area contributed by atoms with E-state index in [1.807, 2.05) is 42.5 Å². The second-order valence-electron chi connectivity index (χ2n) is 8.82. The minimum Gasteiger partial charge on any atom is -0.480 e. The predicted octanol–water partition coefficient (Wildman–Crippen LogP) is 5.88. The van der Waals surface area contributed by atoms with Crippen LogP contribution in [0.2, 0.25) is 0 Å². The second kappa shape index (κ2) is 12.2. The molecule has 2 unspecified atom stereocenters. The molecule has 0 aliphatic rings. The summed E-state index contributed by atoms with van der Waals surface area (Å²) in [6, 6.07) is 21.7. The normalized spacial score (nSPS) is 12.5. The summed E-state index contributed by atoms with van der Waals surface area (Å²) in [4.78, 5) is 24.3. The van der Waals surface area contributed by atoms with E-state index in [-0.39, 0.29) is 13.0 Å². The van der Waals surface area contributed by atoms with Crippen molar-refractivity contribution >= 4 is 17.7 Å². The number of nitrogens with zero attached hydrogens (tertiary/aromatic N) is 1. The first-order valence-corrected chi connectivity index (χ1v) is 12.1. The maximum atomic E-state index is 14.0. The Hall–Kier alpha value is -4.50. The van der Waals surface area contributed by atoms with E-state index in [2.05, 4.69) is 15.8 Å². The van der Waals surface area contributed by atoms with Crippen molar-refractivity contribution in [2.75, 3.05) is 5.32 Å². The van der Waals surface area contributed by atoms with E-state index in [1.165, 1.54) is 6.07 Å². The Morgan fingerprint density at radius 1 is 1.03 bits per heavy atom. The summed E-state index contributed by atoms with van der Waals surface area (Å²) in [5.74, 6) is -1.13. The van der Waals surface area contributed by atoms with Gasteiger partial charge in [0.1, 0.15) is 29.3 Å². The lowest BCUT2D eigenvalue weighted by molar-refractivity contribution is -0.139. The van der Waals surface area contributed by atoms with E-state index < -0.39 is 30.0 Å². The maximum absolute atomic E-state index is 14.0. The molecule has 0 radical (unpaired) electrons. The van der Waals surface area contributed by atoms with Crippen LogP contribution in [0.4, 0.5) is 14.9 Å². The van der Waals surface area contributed by atoms with Gasteiger partial charge in [0.05, 0.1) is 0 Å². The van der Waals surface area contributed by atoms with Crippen LogP contribution in [0.3, 0.4) is 0 Å². The SMILES string of the molecule is Cc1noc(-c2ccc(CNC(Cc3ccccc3F)C(=O)O)cc2)c1NC(=O)OC(C)c1ccccc1. The van der Waals surface area contributed by atoms with E-state index in [1.54, 1.807) is 44.2 Å². The molecule has 38 heavy (non-hydrogen) atoms. The minimum atomic E-state index is -1.06. The second-order valence-corrected chi connectivity index (χ2v) is 8.82. The van der Waals surface area contributed by atoms with Crippen molar-refractivity contribution in [1.82, 2.24) is 10.5 Å². The molecule has 1 aromatic heterocycles. The van der Waals surface area contributed by atoms with Gasteiger partial charge in [0.15, 0.2) is 5.76 Å². The predicted molar refractivity (Wildman–Crippen MR) is 140 cm³/mol. The smallest absolute Gasteiger partial charge is 0.412 e. The molecule has 0 aliphatic heterocycles. The van der Waals surface area contributed by atoms with Crippen LogP contribution in [0.25, 0.3) is 11.3 Å². The fourth-order valence-corrected chi connectivity index (χ4v) is 3.94. The number of rotatable bonds is 10. The molecule has 9 heteroatoms. The molecular formula is C29H28FN3O5. The van der Waals surface area contributed by atoms with Crippen LogP contribution < -0.4 is 10.6 Å². The molecule has 1 amide bonds. The first-order valence-electron chi connectivity index (χ1n) is 12.1. The van der Waals surface area contributed by atoms with E-state index in [9.17, 15) is 19.1 Å². The minimum absolute atomic E-state index is 0.0193. The van der Waals surface area contributed by atoms with Gasteiger partial charge in [-0.15, -0.1) is 0 Å². The fourth-order valence-electron chi connectivity index (χ4n) is 3.94. The van der Waals surface area contributed by atoms with Crippen LogP contribution >= 0.6 is 0 Å². The topological polar surface area (TPSA) is 114 Å². The maximum Gasteiger partial charge on any atom is 0.412 e. The summed E-state index contributed by atoms with van der Waals surface area (Å²) >= 11 is 0. The van der Waals surface area contributed by atoms with Crippen molar-refractivity contribution in [1.29, 1.82) is 0 Å². The molecule has 0 aliphatic carbocycles. The molecular weight excluding hydrogens is 489 g/mol. The zero-order valence-corrected chi connectivity index (χ0v) is 21.0. The van der Waals surface area contributed by atoms with E-state index in [4.69, 9.17) is 9.26 Å². The highest BCUT2D eigenvalue weighted by molar-refractivity contribution is 5.90. The Bertz CT molecular complexity index is 1390. The number of carboxylic acid groups (broad SMARTS) is 1. The lowest BCUT2D eigenvalue weighted by Gasteiger charge is -2.15. The van der Waals surface area contributed by atoms with E-state index in [0.717, 1.165) is 11.1 Å². The lowest BCUT2D eigenvalue weighted by Crippen LogP contribution is -2.38. The summed E-state index contributed by atoms with van der Waals surface area (Å²) < 4.78 is 24.9. The van der Waals surface area contributed by atoms with Crippen molar-refractivity contribution in [3.8, 4) is 11.3 Å². The largest absolute Gasteiger partial charge is 0.480 e. The van der Waals surface area contributed by atoms with Crippen LogP contribution in [0, 0.1) is 12.7 Å². The Balaban J connectivity index is 1.40. The van der Waals surface area contributed by atoms with E-state index >= 15 is 0 Å². The molecule has 0 spiro atoms. The number of aliphatic carboxylic acids is 1. The summed E-state index contributed by atoms with van der Waals surface area (Å²) in [7, 11) is 0. The molecule has 0 bridgehead atoms. The van der Waals surface area contributed by atoms with Gasteiger partial charge in [0.2, 0.25) is 0 Å². The molecule has 0 saturated carbocycles. The highest BCUT2D eigenvalue weighted by atomic mass is 19.1. The van der Waals surface area contributed by atoms with Crippen molar-refractivity contribution in [3.05, 3.63) is 107 Å². The summed E-state index contributed by atoms with van der Waals surface area (Å²) in [5.41, 5.74) is 3.58. The zero-order chi connectivity index (χ0) is 27.1. The van der Waals surface area contributed by atoms with Crippen LogP contribution in [-0.2, 0) is 22.5 Å². The van der Waals surface area contributed by atoms with Crippen LogP contribution in [-0.4, -0.2) is 28.4 Å². The molecule has 2 atom stereocenters. The third kappa shape index (κ3) is 6.63. The number of aromatic nitrogens is 1. The molecule has 3 aromatic carbocycles. The molecule has 4 aromatic rings. The third-order valence-electron chi connectivity index (χ3n) is 6.09. The molecule has 0 saturated heterocycles. The summed E-state index contributed by atoms with van der Waals surface area (Å²) in [5, 5.41) is 19.2. The molecule has 4 rings (SSSR count). The number of ether oxygens (including phenoxy) is 1. The first kappa shape index (κ1) is 26.6. The number of hydrogen-bond acceptors (Lipinski definition) is 6. The Morgan fingerprint density at radius 2 is 1.71 bits per heavy atom. The monoisotopic (exact) mass is 517 g/mol. The molecule has 1 heterocycles. The summed E-state index contributed by atoms with van der Waals surface area (Å²) in [6.45, 7) is 3.76. The van der Waals surface area contributed by atoms with Gasteiger partial charge in [-0.2, -0.15) is 0 Å². The Kier molecular flexibility index (Phi) is 8.50. The quantitative estimate of drug-likeness (QED) is 0.241. The van der Waals surface area contributed by atoms with Gasteiger partial charge in [-0.05, 0) is 36.6 Å². The number of hydrogen-bond donors (Lipinski definition) is 3. The fraction of sp³-hybridized carbons (Fsp3) is 0.207. The highest BCUT2D eigenvalue weighted by Gasteiger charge is 2.21. The van der Waals surface area contributed by atoms with Crippen molar-refractivity contribution in [2.45, 2.75) is 39.0 Å². The number of halogens is 1. The van der Waals surface area contributed by atoms with Crippen LogP contribution in [0.5, 0.6) is 0 Å². The Morgan fingerprint density at radius 3 is 2.39 bits per heavy atom. The third-order valence-corrected chi connectivity index (χ3v) is 6.09. The van der Waals surface area contributed by atoms with Gasteiger partial charge in [0, 0.05) is 18.5 Å². The lowest BCUT2D eigenvalue weighted by atomic mass is 10.0. The van der Waals surface area contributed by atoms with Crippen molar-refractivity contribution in [2.24, 2.45) is 0 Å². The van der Waals surface area contributed by atoms with Gasteiger partial charge in [0.25, 0.3) is 0 Å². The van der Waals surface area contributed by atoms with Gasteiger partial charge >= 0.3 is 12.1 Å². The number of carboxylic acids is 1. The van der Waals surface area contributed by atoms with Gasteiger partial charge in [-0.25, -0.2) is 9.18 Å². The average Bonchev–Trinajstić information content (AvgIpc) is 3.27.